The zero-order valence-corrected chi connectivity index (χ0v) is 40.8. The monoisotopic (exact) mass is 988 g/mol. The molecule has 1 aliphatic rings. The number of carbonyl (C=O) groups excluding carboxylic acids is 7. The standard InChI is InChI=1S/C48H69N13O10/c1-28(2)40(57-42(65)35(14-9-19-52-48(49)50)59-60(5)25-39(64)54-38(47(70)71)22-30-11-7-6-8-12-30)44(67)55-36(21-31-15-17-34(63)18-16-31)43(66)58-41(29(3)4)45(68)56-37(23-32-24-51-27-53-32)46(69)61-20-10-13-33(61)26-62/h6-8,11-12,15-18,24,26-29,33,35-38,40-41,59,63H,9-10,13-14,19-23,25H2,1-5H3,(H,51,53)(H,54,64)(H,55,67)(H,56,68)(H,57,65)(H,58,66)(H,70,71)(H4,49,50,52)/t33-,35-,36-,37-,38-,40-,41-/m0/s1. The molecule has 71 heavy (non-hydrogen) atoms. The molecule has 0 unspecified atom stereocenters. The van der Waals surface area contributed by atoms with Crippen LogP contribution in [0.3, 0.4) is 0 Å². The van der Waals surface area contributed by atoms with E-state index >= 15 is 0 Å². The number of amides is 6. The summed E-state index contributed by atoms with van der Waals surface area (Å²) >= 11 is 0. The molecule has 7 atom stereocenters. The van der Waals surface area contributed by atoms with Crippen molar-refractivity contribution in [3.05, 3.63) is 83.9 Å². The topological polar surface area (TPSA) is 349 Å². The summed E-state index contributed by atoms with van der Waals surface area (Å²) in [6.45, 7) is 6.88. The molecule has 3 aromatic rings. The summed E-state index contributed by atoms with van der Waals surface area (Å²) in [6.07, 6.45) is 5.11. The number of aldehydes is 1. The number of phenolic OH excluding ortho intramolecular Hbond substituents is 1. The highest BCUT2D eigenvalue weighted by molar-refractivity contribution is 5.96. The van der Waals surface area contributed by atoms with Gasteiger partial charge in [-0.1, -0.05) is 70.2 Å². The lowest BCUT2D eigenvalue weighted by Gasteiger charge is -2.31. The van der Waals surface area contributed by atoms with E-state index in [1.165, 1.54) is 41.6 Å². The molecule has 0 spiro atoms. The number of aromatic amines is 1. The number of carboxylic acid groups (broad SMARTS) is 1. The van der Waals surface area contributed by atoms with Gasteiger partial charge in [-0.25, -0.2) is 20.2 Å². The highest BCUT2D eigenvalue weighted by atomic mass is 16.4. The largest absolute Gasteiger partial charge is 0.508 e. The van der Waals surface area contributed by atoms with Crippen LogP contribution < -0.4 is 43.5 Å². The number of aromatic nitrogens is 2. The molecule has 1 aromatic heterocycles. The van der Waals surface area contributed by atoms with Crippen molar-refractivity contribution in [1.82, 2.24) is 51.9 Å². The SMILES string of the molecule is CC(C)[C@H](NC(=O)[C@H](CCCN=C(N)N)NN(C)CC(=O)N[C@@H](Cc1ccccc1)C(=O)O)C(=O)N[C@@H](Cc1ccc(O)cc1)C(=O)N[C@H](C(=O)N[C@@H](Cc1cnc[nH]1)C(=O)N1CCC[C@H]1C=O)C(C)C. The Balaban J connectivity index is 1.52. The van der Waals surface area contributed by atoms with Crippen LogP contribution in [0.25, 0.3) is 0 Å². The number of imidazole rings is 1. The Morgan fingerprint density at radius 2 is 1.39 bits per heavy atom. The van der Waals surface area contributed by atoms with Gasteiger partial charge in [0.1, 0.15) is 48.3 Å². The van der Waals surface area contributed by atoms with E-state index in [1.54, 1.807) is 70.2 Å². The predicted molar refractivity (Wildman–Crippen MR) is 261 cm³/mol. The Labute approximate surface area is 412 Å². The van der Waals surface area contributed by atoms with Crippen molar-refractivity contribution >= 4 is 53.7 Å². The fourth-order valence-electron chi connectivity index (χ4n) is 7.98. The molecular weight excluding hydrogens is 919 g/mol. The highest BCUT2D eigenvalue weighted by Crippen LogP contribution is 2.19. The van der Waals surface area contributed by atoms with E-state index in [9.17, 15) is 48.6 Å². The van der Waals surface area contributed by atoms with Crippen LogP contribution >= 0.6 is 0 Å². The van der Waals surface area contributed by atoms with Crippen molar-refractivity contribution < 1.29 is 48.6 Å². The van der Waals surface area contributed by atoms with Crippen molar-refractivity contribution in [2.75, 3.05) is 26.7 Å². The number of rotatable bonds is 28. The second-order valence-electron chi connectivity index (χ2n) is 18.2. The number of H-pyrrole nitrogens is 1. The Hall–Kier alpha value is -7.40. The van der Waals surface area contributed by atoms with Gasteiger partial charge >= 0.3 is 5.97 Å². The second kappa shape index (κ2) is 27.7. The van der Waals surface area contributed by atoms with Crippen molar-refractivity contribution in [3.8, 4) is 5.75 Å². The minimum absolute atomic E-state index is 0.0218. The van der Waals surface area contributed by atoms with Crippen LogP contribution in [-0.4, -0.2) is 153 Å². The Kier molecular flexibility index (Phi) is 21.9. The number of guanidine groups is 1. The molecule has 386 valence electrons. The molecule has 0 bridgehead atoms. The lowest BCUT2D eigenvalue weighted by molar-refractivity contribution is -0.142. The summed E-state index contributed by atoms with van der Waals surface area (Å²) in [6, 6.07) is 6.89. The fraction of sp³-hybridized carbons (Fsp3) is 0.500. The molecule has 1 aliphatic heterocycles. The number of hydrogen-bond acceptors (Lipinski definition) is 13. The van der Waals surface area contributed by atoms with Crippen LogP contribution in [-0.2, 0) is 57.6 Å². The smallest absolute Gasteiger partial charge is 0.326 e. The number of carbonyl (C=O) groups is 8. The van der Waals surface area contributed by atoms with E-state index in [-0.39, 0.29) is 56.9 Å². The average molecular weight is 988 g/mol. The van der Waals surface area contributed by atoms with E-state index in [0.717, 1.165) is 0 Å². The van der Waals surface area contributed by atoms with Gasteiger partial charge in [0, 0.05) is 51.3 Å². The number of nitrogens with zero attached hydrogens (tertiary/aromatic N) is 4. The second-order valence-corrected chi connectivity index (χ2v) is 18.2. The maximum Gasteiger partial charge on any atom is 0.326 e. The van der Waals surface area contributed by atoms with Gasteiger partial charge < -0.3 is 62.9 Å². The van der Waals surface area contributed by atoms with Crippen LogP contribution in [0.1, 0.15) is 70.2 Å². The van der Waals surface area contributed by atoms with Gasteiger partial charge in [-0.2, -0.15) is 0 Å². The predicted octanol–water partition coefficient (Wildman–Crippen LogP) is -0.988. The number of carboxylic acids is 1. The molecule has 23 nitrogen and oxygen atoms in total. The van der Waals surface area contributed by atoms with Crippen LogP contribution in [0, 0.1) is 11.8 Å². The molecule has 2 aromatic carbocycles. The number of hydrazine groups is 1. The summed E-state index contributed by atoms with van der Waals surface area (Å²) < 4.78 is 0. The van der Waals surface area contributed by atoms with Gasteiger partial charge in [0.2, 0.25) is 35.4 Å². The summed E-state index contributed by atoms with van der Waals surface area (Å²) in [5.74, 6) is -6.48. The van der Waals surface area contributed by atoms with Gasteiger partial charge in [-0.05, 0) is 60.8 Å². The molecule has 1 fully saturated rings. The zero-order valence-electron chi connectivity index (χ0n) is 40.8. The average Bonchev–Trinajstić information content (AvgIpc) is 4.03. The number of nitrogens with two attached hydrogens (primary N) is 2. The lowest BCUT2D eigenvalue weighted by atomic mass is 9.98. The summed E-state index contributed by atoms with van der Waals surface area (Å²) in [7, 11) is 1.49. The quantitative estimate of drug-likeness (QED) is 0.0137. The number of benzene rings is 2. The molecular formula is C48H69N13O10. The van der Waals surface area contributed by atoms with Crippen molar-refractivity contribution in [1.29, 1.82) is 0 Å². The highest BCUT2D eigenvalue weighted by Gasteiger charge is 2.38. The van der Waals surface area contributed by atoms with Gasteiger partial charge in [0.15, 0.2) is 5.96 Å². The maximum absolute atomic E-state index is 14.4. The third kappa shape index (κ3) is 18.1. The molecule has 2 heterocycles. The number of nitrogens with one attached hydrogen (secondary N) is 7. The number of hydrogen-bond donors (Lipinski definition) is 11. The van der Waals surface area contributed by atoms with Crippen LogP contribution in [0.2, 0.25) is 0 Å². The van der Waals surface area contributed by atoms with E-state index < -0.39 is 95.5 Å². The molecule has 1 saturated heterocycles. The number of likely N-dealkylation sites (tertiary alicyclic amines) is 1. The minimum Gasteiger partial charge on any atom is -0.508 e. The molecule has 13 N–H and O–H groups in total. The molecule has 0 radical (unpaired) electrons. The number of phenols is 1. The van der Waals surface area contributed by atoms with E-state index in [1.807, 2.05) is 0 Å². The molecule has 0 saturated carbocycles. The summed E-state index contributed by atoms with van der Waals surface area (Å²) in [5.41, 5.74) is 15.8. The Morgan fingerprint density at radius 3 is 1.96 bits per heavy atom. The number of likely N-dealkylation sites (N-methyl/N-ethyl adjacent to an activating group) is 1. The van der Waals surface area contributed by atoms with E-state index in [2.05, 4.69) is 47.0 Å². The van der Waals surface area contributed by atoms with E-state index in [4.69, 9.17) is 11.5 Å². The fourth-order valence-corrected chi connectivity index (χ4v) is 7.98. The van der Waals surface area contributed by atoms with Gasteiger partial charge in [0.05, 0.1) is 18.9 Å². The lowest BCUT2D eigenvalue weighted by Crippen LogP contribution is -2.61. The van der Waals surface area contributed by atoms with E-state index in [0.29, 0.717) is 42.5 Å². The normalized spacial score (nSPS) is 15.9. The summed E-state index contributed by atoms with van der Waals surface area (Å²) in [4.78, 5) is 120. The van der Waals surface area contributed by atoms with Crippen molar-refractivity contribution in [2.24, 2.45) is 28.3 Å². The van der Waals surface area contributed by atoms with Crippen LogP contribution in [0.5, 0.6) is 5.75 Å². The van der Waals surface area contributed by atoms with Crippen molar-refractivity contribution in [2.45, 2.75) is 115 Å². The molecule has 4 rings (SSSR count). The Bertz CT molecular complexity index is 2270. The third-order valence-corrected chi connectivity index (χ3v) is 11.8. The first-order valence-corrected chi connectivity index (χ1v) is 23.6. The number of aromatic hydroxyl groups is 1. The van der Waals surface area contributed by atoms with Crippen LogP contribution in [0.15, 0.2) is 72.1 Å². The first-order valence-electron chi connectivity index (χ1n) is 23.6. The molecule has 23 heteroatoms. The number of aliphatic carboxylic acids is 1. The first kappa shape index (κ1) is 56.2. The molecule has 6 amide bonds. The summed E-state index contributed by atoms with van der Waals surface area (Å²) in [5, 5.41) is 34.7. The first-order chi connectivity index (χ1) is 33.8. The zero-order chi connectivity index (χ0) is 52.2. The van der Waals surface area contributed by atoms with Gasteiger partial charge in [-0.15, -0.1) is 0 Å². The van der Waals surface area contributed by atoms with Gasteiger partial charge in [-0.3, -0.25) is 33.8 Å². The third-order valence-electron chi connectivity index (χ3n) is 11.8. The molecule has 0 aliphatic carbocycles. The minimum atomic E-state index is -1.34. The van der Waals surface area contributed by atoms with Crippen LogP contribution in [0.4, 0.5) is 0 Å². The van der Waals surface area contributed by atoms with Gasteiger partial charge in [0.25, 0.3) is 0 Å². The van der Waals surface area contributed by atoms with Crippen molar-refractivity contribution in [3.63, 3.8) is 0 Å². The number of aliphatic imine (C=N–C) groups is 1. The Morgan fingerprint density at radius 1 is 0.803 bits per heavy atom. The maximum atomic E-state index is 14.4.